The van der Waals surface area contributed by atoms with Gasteiger partial charge < -0.3 is 15.5 Å². The number of amides is 1. The first-order valence-corrected chi connectivity index (χ1v) is 13.2. The maximum atomic E-state index is 13.2. The third-order valence-corrected chi connectivity index (χ3v) is 7.50. The minimum Gasteiger partial charge on any atom is -0.365 e. The monoisotopic (exact) mass is 493 g/mol. The average Bonchev–Trinajstić information content (AvgIpc) is 2.93. The van der Waals surface area contributed by atoms with Gasteiger partial charge in [-0.3, -0.25) is 9.78 Å². The number of hydrogen-bond acceptors (Lipinski definition) is 5. The van der Waals surface area contributed by atoms with Crippen molar-refractivity contribution >= 4 is 28.3 Å². The number of carbonyl (C=O) groups excluding carboxylic acids is 1. The van der Waals surface area contributed by atoms with Gasteiger partial charge in [0.15, 0.2) is 0 Å². The number of hydrogen-bond donors (Lipinski definition) is 2. The molecule has 0 saturated carbocycles. The maximum Gasteiger partial charge on any atom is 0.259 e. The first-order chi connectivity index (χ1) is 18.1. The van der Waals surface area contributed by atoms with E-state index in [4.69, 9.17) is 0 Å². The van der Waals surface area contributed by atoms with E-state index in [1.807, 2.05) is 42.6 Å². The highest BCUT2D eigenvalue weighted by Crippen LogP contribution is 2.30. The fourth-order valence-corrected chi connectivity index (χ4v) is 5.24. The Morgan fingerprint density at radius 3 is 2.57 bits per heavy atom. The van der Waals surface area contributed by atoms with Gasteiger partial charge in [0, 0.05) is 30.0 Å². The van der Waals surface area contributed by atoms with Gasteiger partial charge in [0.05, 0.1) is 11.1 Å². The Kier molecular flexibility index (Phi) is 7.76. The van der Waals surface area contributed by atoms with Crippen LogP contribution in [-0.2, 0) is 6.54 Å². The number of para-hydroxylation sites is 1. The van der Waals surface area contributed by atoms with Crippen LogP contribution in [0.2, 0.25) is 0 Å². The van der Waals surface area contributed by atoms with Crippen LogP contribution in [0.1, 0.15) is 53.6 Å². The molecule has 2 N–H and O–H groups in total. The number of fused-ring (bicyclic) bond motifs is 1. The number of carbonyl (C=O) groups is 1. The number of anilines is 2. The second-order valence-electron chi connectivity index (χ2n) is 10.2. The van der Waals surface area contributed by atoms with E-state index in [0.717, 1.165) is 28.1 Å². The van der Waals surface area contributed by atoms with Crippen molar-refractivity contribution in [1.82, 2.24) is 14.9 Å². The molecule has 3 heterocycles. The zero-order chi connectivity index (χ0) is 25.6. The lowest BCUT2D eigenvalue weighted by atomic mass is 9.85. The van der Waals surface area contributed by atoms with E-state index >= 15 is 0 Å². The molecule has 1 atom stereocenters. The molecular formula is C31H35N5O. The molecule has 37 heavy (non-hydrogen) atoms. The van der Waals surface area contributed by atoms with E-state index in [2.05, 4.69) is 57.7 Å². The molecule has 2 aromatic carbocycles. The fraction of sp³-hybridized carbons (Fsp3) is 0.323. The Bertz CT molecular complexity index is 1340. The van der Waals surface area contributed by atoms with E-state index in [0.29, 0.717) is 23.8 Å². The van der Waals surface area contributed by atoms with Crippen LogP contribution in [0.25, 0.3) is 10.9 Å². The van der Waals surface area contributed by atoms with Crippen molar-refractivity contribution in [2.45, 2.75) is 38.6 Å². The van der Waals surface area contributed by atoms with E-state index in [1.54, 1.807) is 18.3 Å². The van der Waals surface area contributed by atoms with Crippen LogP contribution in [0.4, 0.5) is 11.5 Å². The summed E-state index contributed by atoms with van der Waals surface area (Å²) in [5.41, 5.74) is 4.68. The average molecular weight is 494 g/mol. The van der Waals surface area contributed by atoms with Gasteiger partial charge in [-0.1, -0.05) is 37.3 Å². The van der Waals surface area contributed by atoms with Gasteiger partial charge in [-0.25, -0.2) is 4.98 Å². The SMILES string of the molecule is CC(CC1CCN(C)CC1)c1ccc(NC(=O)c2cccnc2NCc2ccnc3ccccc23)cc1. The Labute approximate surface area is 219 Å². The van der Waals surface area contributed by atoms with Crippen LogP contribution in [0, 0.1) is 5.92 Å². The van der Waals surface area contributed by atoms with Gasteiger partial charge in [-0.05, 0) is 98.8 Å². The van der Waals surface area contributed by atoms with Crippen molar-refractivity contribution in [3.63, 3.8) is 0 Å². The molecule has 1 aliphatic rings. The number of nitrogens with one attached hydrogen (secondary N) is 2. The Balaban J connectivity index is 1.22. The molecule has 0 aliphatic carbocycles. The van der Waals surface area contributed by atoms with Crippen molar-refractivity contribution in [2.24, 2.45) is 5.92 Å². The van der Waals surface area contributed by atoms with Gasteiger partial charge in [0.25, 0.3) is 5.91 Å². The molecule has 6 heteroatoms. The lowest BCUT2D eigenvalue weighted by molar-refractivity contribution is 0.102. The van der Waals surface area contributed by atoms with Crippen LogP contribution in [0.15, 0.2) is 79.1 Å². The predicted octanol–water partition coefficient (Wildman–Crippen LogP) is 6.33. The molecule has 1 fully saturated rings. The summed E-state index contributed by atoms with van der Waals surface area (Å²) in [5, 5.41) is 7.48. The third-order valence-electron chi connectivity index (χ3n) is 7.50. The van der Waals surface area contributed by atoms with Gasteiger partial charge in [-0.15, -0.1) is 0 Å². The summed E-state index contributed by atoms with van der Waals surface area (Å²) >= 11 is 0. The largest absolute Gasteiger partial charge is 0.365 e. The van der Waals surface area contributed by atoms with Crippen LogP contribution >= 0.6 is 0 Å². The number of rotatable bonds is 8. The zero-order valence-corrected chi connectivity index (χ0v) is 21.7. The molecule has 5 rings (SSSR count). The highest BCUT2D eigenvalue weighted by atomic mass is 16.1. The number of aromatic nitrogens is 2. The van der Waals surface area contributed by atoms with Crippen molar-refractivity contribution in [3.05, 3.63) is 95.8 Å². The summed E-state index contributed by atoms with van der Waals surface area (Å²) in [4.78, 5) is 24.5. The van der Waals surface area contributed by atoms with E-state index in [-0.39, 0.29) is 5.91 Å². The fourth-order valence-electron chi connectivity index (χ4n) is 5.24. The van der Waals surface area contributed by atoms with Crippen LogP contribution in [0.3, 0.4) is 0 Å². The molecule has 1 amide bonds. The number of nitrogens with zero attached hydrogens (tertiary/aromatic N) is 3. The molecule has 190 valence electrons. The molecule has 1 aliphatic heterocycles. The van der Waals surface area contributed by atoms with Gasteiger partial charge in [-0.2, -0.15) is 0 Å². The van der Waals surface area contributed by atoms with Gasteiger partial charge in [0.2, 0.25) is 0 Å². The minimum absolute atomic E-state index is 0.178. The van der Waals surface area contributed by atoms with Crippen LogP contribution in [-0.4, -0.2) is 40.9 Å². The predicted molar refractivity (Wildman–Crippen MR) is 151 cm³/mol. The number of pyridine rings is 2. The zero-order valence-electron chi connectivity index (χ0n) is 21.7. The minimum atomic E-state index is -0.178. The molecule has 0 spiro atoms. The first kappa shape index (κ1) is 24.9. The molecule has 1 unspecified atom stereocenters. The van der Waals surface area contributed by atoms with E-state index in [9.17, 15) is 4.79 Å². The second-order valence-corrected chi connectivity index (χ2v) is 10.2. The molecular weight excluding hydrogens is 458 g/mol. The van der Waals surface area contributed by atoms with Crippen LogP contribution in [0.5, 0.6) is 0 Å². The van der Waals surface area contributed by atoms with Crippen molar-refractivity contribution in [1.29, 1.82) is 0 Å². The van der Waals surface area contributed by atoms with E-state index in [1.165, 1.54) is 37.9 Å². The quantitative estimate of drug-likeness (QED) is 0.300. The summed E-state index contributed by atoms with van der Waals surface area (Å²) in [5.74, 6) is 1.69. The summed E-state index contributed by atoms with van der Waals surface area (Å²) in [6, 6.07) is 21.9. The summed E-state index contributed by atoms with van der Waals surface area (Å²) in [6.07, 6.45) is 7.30. The van der Waals surface area contributed by atoms with Crippen molar-refractivity contribution in [3.8, 4) is 0 Å². The summed E-state index contributed by atoms with van der Waals surface area (Å²) < 4.78 is 0. The molecule has 6 nitrogen and oxygen atoms in total. The number of benzene rings is 2. The smallest absolute Gasteiger partial charge is 0.259 e. The van der Waals surface area contributed by atoms with Crippen molar-refractivity contribution < 1.29 is 4.79 Å². The van der Waals surface area contributed by atoms with Crippen LogP contribution < -0.4 is 10.6 Å². The van der Waals surface area contributed by atoms with E-state index < -0.39 is 0 Å². The Morgan fingerprint density at radius 2 is 1.76 bits per heavy atom. The highest BCUT2D eigenvalue weighted by molar-refractivity contribution is 6.07. The lowest BCUT2D eigenvalue weighted by Gasteiger charge is -2.30. The van der Waals surface area contributed by atoms with Crippen molar-refractivity contribution in [2.75, 3.05) is 30.8 Å². The molecule has 0 radical (unpaired) electrons. The topological polar surface area (TPSA) is 70.2 Å². The molecule has 1 saturated heterocycles. The standard InChI is InChI=1S/C31H35N5O/c1-22(20-23-14-18-36(2)19-15-23)24-9-11-26(12-10-24)35-31(37)28-7-5-16-33-30(28)34-21-25-13-17-32-29-8-4-3-6-27(25)29/h3-13,16-17,22-23H,14-15,18-21H2,1-2H3,(H,33,34)(H,35,37). The van der Waals surface area contributed by atoms with Gasteiger partial charge in [0.1, 0.15) is 5.82 Å². The Hall–Kier alpha value is -3.77. The number of likely N-dealkylation sites (tertiary alicyclic amines) is 1. The molecule has 4 aromatic rings. The number of piperidine rings is 1. The summed E-state index contributed by atoms with van der Waals surface area (Å²) in [6.45, 7) is 5.26. The highest BCUT2D eigenvalue weighted by Gasteiger charge is 2.20. The second kappa shape index (κ2) is 11.5. The summed E-state index contributed by atoms with van der Waals surface area (Å²) in [7, 11) is 2.21. The molecule has 2 aromatic heterocycles. The normalized spacial score (nSPS) is 15.4. The maximum absolute atomic E-state index is 13.2. The Morgan fingerprint density at radius 1 is 0.973 bits per heavy atom. The lowest BCUT2D eigenvalue weighted by Crippen LogP contribution is -2.30. The molecule has 0 bridgehead atoms. The third kappa shape index (κ3) is 6.15. The van der Waals surface area contributed by atoms with Gasteiger partial charge >= 0.3 is 0 Å². The first-order valence-electron chi connectivity index (χ1n) is 13.2.